The van der Waals surface area contributed by atoms with Crippen LogP contribution in [0.3, 0.4) is 0 Å². The third kappa shape index (κ3) is 3.21. The largest absolute Gasteiger partial charge is 0.465 e. The average Bonchev–Trinajstić information content (AvgIpc) is 2.92. The van der Waals surface area contributed by atoms with Crippen molar-refractivity contribution < 1.29 is 19.1 Å². The van der Waals surface area contributed by atoms with Crippen LogP contribution in [0.2, 0.25) is 0 Å². The van der Waals surface area contributed by atoms with E-state index in [1.165, 1.54) is 18.2 Å². The van der Waals surface area contributed by atoms with Crippen molar-refractivity contribution in [1.82, 2.24) is 5.43 Å². The van der Waals surface area contributed by atoms with Crippen LogP contribution < -0.4 is 10.4 Å². The summed E-state index contributed by atoms with van der Waals surface area (Å²) in [6, 6.07) is 12.0. The fraction of sp³-hybridized carbons (Fsp3) is 0.150. The Hall–Kier alpha value is -3.41. The van der Waals surface area contributed by atoms with Gasteiger partial charge in [0.2, 0.25) is 0 Å². The van der Waals surface area contributed by atoms with Gasteiger partial charge in [0, 0.05) is 0 Å². The lowest BCUT2D eigenvalue weighted by Gasteiger charge is -2.15. The molecule has 1 aliphatic rings. The summed E-state index contributed by atoms with van der Waals surface area (Å²) in [5, 5.41) is 1.24. The Morgan fingerprint density at radius 3 is 2.35 bits per heavy atom. The Kier molecular flexibility index (Phi) is 4.58. The molecule has 0 bridgehead atoms. The number of amides is 2. The molecule has 1 saturated heterocycles. The Bertz CT molecular complexity index is 929. The van der Waals surface area contributed by atoms with Crippen LogP contribution in [0.15, 0.2) is 48.0 Å². The molecule has 0 unspecified atom stereocenters. The lowest BCUT2D eigenvalue weighted by Crippen LogP contribution is -2.35. The number of benzene rings is 2. The normalized spacial score (nSPS) is 15.3. The summed E-state index contributed by atoms with van der Waals surface area (Å²) in [5.74, 6) is -1.33. The summed E-state index contributed by atoms with van der Waals surface area (Å²) < 4.78 is 4.65. The summed E-state index contributed by atoms with van der Waals surface area (Å²) in [4.78, 5) is 36.3. The van der Waals surface area contributed by atoms with E-state index in [1.807, 2.05) is 26.0 Å². The van der Waals surface area contributed by atoms with E-state index < -0.39 is 17.8 Å². The average molecular weight is 350 g/mol. The number of methoxy groups -OCH3 is 1. The summed E-state index contributed by atoms with van der Waals surface area (Å²) in [6.45, 7) is 3.92. The zero-order valence-electron chi connectivity index (χ0n) is 14.7. The second-order valence-corrected chi connectivity index (χ2v) is 6.02. The monoisotopic (exact) mass is 350 g/mol. The second kappa shape index (κ2) is 6.84. The maximum Gasteiger partial charge on any atom is 0.337 e. The van der Waals surface area contributed by atoms with E-state index in [9.17, 15) is 14.4 Å². The Morgan fingerprint density at radius 2 is 1.73 bits per heavy atom. The number of carbonyl (C=O) groups is 3. The summed E-state index contributed by atoms with van der Waals surface area (Å²) in [6.07, 6.45) is 1.50. The molecule has 0 radical (unpaired) electrons. The van der Waals surface area contributed by atoms with Gasteiger partial charge in [0.15, 0.2) is 0 Å². The van der Waals surface area contributed by atoms with E-state index in [0.717, 1.165) is 11.1 Å². The van der Waals surface area contributed by atoms with Crippen molar-refractivity contribution in [1.29, 1.82) is 0 Å². The van der Waals surface area contributed by atoms with Crippen LogP contribution in [0.25, 0.3) is 6.08 Å². The van der Waals surface area contributed by atoms with Crippen LogP contribution in [0, 0.1) is 13.8 Å². The number of anilines is 1. The quantitative estimate of drug-likeness (QED) is 0.524. The van der Waals surface area contributed by atoms with Gasteiger partial charge in [0.25, 0.3) is 11.8 Å². The van der Waals surface area contributed by atoms with Crippen LogP contribution in [0.5, 0.6) is 0 Å². The van der Waals surface area contributed by atoms with Crippen LogP contribution in [-0.2, 0) is 14.3 Å². The van der Waals surface area contributed by atoms with Crippen LogP contribution in [0.4, 0.5) is 5.69 Å². The molecule has 0 saturated carbocycles. The number of esters is 1. The van der Waals surface area contributed by atoms with E-state index in [1.54, 1.807) is 30.3 Å². The van der Waals surface area contributed by atoms with Crippen LogP contribution >= 0.6 is 0 Å². The van der Waals surface area contributed by atoms with Gasteiger partial charge in [-0.25, -0.2) is 9.80 Å². The second-order valence-electron chi connectivity index (χ2n) is 6.02. The molecule has 0 spiro atoms. The molecule has 6 heteroatoms. The van der Waals surface area contributed by atoms with E-state index in [2.05, 4.69) is 10.2 Å². The molecule has 26 heavy (non-hydrogen) atoms. The standard InChI is InChI=1S/C20H18N2O4/c1-12-4-9-16(10-13(12)2)22-19(24)17(18(23)21-22)11-14-5-7-15(8-6-14)20(25)26-3/h4-11H,1-3H3,(H,21,23)/b17-11+. The number of hydrogen-bond acceptors (Lipinski definition) is 4. The molecular weight excluding hydrogens is 332 g/mol. The number of rotatable bonds is 3. The fourth-order valence-electron chi connectivity index (χ4n) is 2.60. The molecule has 6 nitrogen and oxygen atoms in total. The van der Waals surface area contributed by atoms with Crippen LogP contribution in [0.1, 0.15) is 27.0 Å². The third-order valence-electron chi connectivity index (χ3n) is 4.28. The highest BCUT2D eigenvalue weighted by Gasteiger charge is 2.34. The van der Waals surface area contributed by atoms with E-state index in [-0.39, 0.29) is 5.57 Å². The molecule has 0 atom stereocenters. The minimum absolute atomic E-state index is 0.0362. The first-order valence-corrected chi connectivity index (χ1v) is 8.03. The van der Waals surface area contributed by atoms with Crippen molar-refractivity contribution in [3.05, 3.63) is 70.3 Å². The molecule has 1 aliphatic heterocycles. The molecule has 132 valence electrons. The van der Waals surface area contributed by atoms with Crippen molar-refractivity contribution in [2.45, 2.75) is 13.8 Å². The summed E-state index contributed by atoms with van der Waals surface area (Å²) in [7, 11) is 1.31. The summed E-state index contributed by atoms with van der Waals surface area (Å²) in [5.41, 5.74) is 6.39. The highest BCUT2D eigenvalue weighted by Crippen LogP contribution is 2.23. The predicted molar refractivity (Wildman–Crippen MR) is 97.3 cm³/mol. The fourth-order valence-corrected chi connectivity index (χ4v) is 2.60. The number of ether oxygens (including phenoxy) is 1. The number of hydrazine groups is 1. The molecule has 1 N–H and O–H groups in total. The van der Waals surface area contributed by atoms with Gasteiger partial charge in [-0.2, -0.15) is 0 Å². The third-order valence-corrected chi connectivity index (χ3v) is 4.28. The molecule has 2 aromatic carbocycles. The van der Waals surface area contributed by atoms with E-state index in [4.69, 9.17) is 0 Å². The first kappa shape index (κ1) is 17.4. The van der Waals surface area contributed by atoms with Gasteiger partial charge in [-0.1, -0.05) is 18.2 Å². The minimum Gasteiger partial charge on any atom is -0.465 e. The smallest absolute Gasteiger partial charge is 0.337 e. The number of nitrogens with zero attached hydrogens (tertiary/aromatic N) is 1. The van der Waals surface area contributed by atoms with Gasteiger partial charge in [-0.05, 0) is 60.9 Å². The molecule has 1 fully saturated rings. The number of nitrogens with one attached hydrogen (secondary N) is 1. The molecule has 2 aromatic rings. The SMILES string of the molecule is COC(=O)c1ccc(/C=C2\C(=O)NN(c3ccc(C)c(C)c3)C2=O)cc1. The van der Waals surface area contributed by atoms with Gasteiger partial charge >= 0.3 is 5.97 Å². The van der Waals surface area contributed by atoms with Gasteiger partial charge in [0.05, 0.1) is 18.4 Å². The van der Waals surface area contributed by atoms with Crippen molar-refractivity contribution in [3.63, 3.8) is 0 Å². The molecule has 0 aliphatic carbocycles. The zero-order chi connectivity index (χ0) is 18.8. The zero-order valence-corrected chi connectivity index (χ0v) is 14.7. The number of aryl methyl sites for hydroxylation is 2. The molecule has 3 rings (SSSR count). The maximum absolute atomic E-state index is 12.6. The lowest BCUT2D eigenvalue weighted by molar-refractivity contribution is -0.117. The Labute approximate surface area is 151 Å². The minimum atomic E-state index is -0.467. The molecule has 1 heterocycles. The number of hydrogen-bond donors (Lipinski definition) is 1. The summed E-state index contributed by atoms with van der Waals surface area (Å²) >= 11 is 0. The van der Waals surface area contributed by atoms with Gasteiger partial charge in [0.1, 0.15) is 5.57 Å². The molecular formula is C20H18N2O4. The van der Waals surface area contributed by atoms with Crippen LogP contribution in [-0.4, -0.2) is 24.9 Å². The topological polar surface area (TPSA) is 75.7 Å². The Morgan fingerprint density at radius 1 is 1.04 bits per heavy atom. The highest BCUT2D eigenvalue weighted by molar-refractivity contribution is 6.31. The van der Waals surface area contributed by atoms with Gasteiger partial charge < -0.3 is 4.74 Å². The number of carbonyl (C=O) groups excluding carboxylic acids is 3. The van der Waals surface area contributed by atoms with E-state index >= 15 is 0 Å². The molecule has 0 aromatic heterocycles. The van der Waals surface area contributed by atoms with Crippen molar-refractivity contribution in [3.8, 4) is 0 Å². The lowest BCUT2D eigenvalue weighted by atomic mass is 10.1. The van der Waals surface area contributed by atoms with E-state index in [0.29, 0.717) is 16.8 Å². The Balaban J connectivity index is 1.87. The first-order valence-electron chi connectivity index (χ1n) is 8.03. The highest BCUT2D eigenvalue weighted by atomic mass is 16.5. The van der Waals surface area contributed by atoms with Gasteiger partial charge in [-0.15, -0.1) is 0 Å². The first-order chi connectivity index (χ1) is 12.4. The molecule has 2 amide bonds. The maximum atomic E-state index is 12.6. The van der Waals surface area contributed by atoms with Gasteiger partial charge in [-0.3, -0.25) is 15.0 Å². The van der Waals surface area contributed by atoms with Crippen molar-refractivity contribution >= 4 is 29.5 Å². The van der Waals surface area contributed by atoms with Crippen molar-refractivity contribution in [2.75, 3.05) is 12.1 Å². The predicted octanol–water partition coefficient (Wildman–Crippen LogP) is 2.55. The van der Waals surface area contributed by atoms with Crippen molar-refractivity contribution in [2.24, 2.45) is 0 Å².